The SMILES string of the molecule is CC1C(N2CCCC2)N(C(=O)Cc2ccccc2N)CCN1C(=O)O.Cl.Cl. The molecule has 0 bridgehead atoms. The minimum Gasteiger partial charge on any atom is -0.465 e. The standard InChI is InChI=1S/C18H26N4O3.2ClH/c1-13-17(20-8-4-5-9-20)22(11-10-21(13)18(24)25)16(23)12-14-6-2-3-7-15(14)19;;/h2-3,6-7,13,17H,4-5,8-12,19H2,1H3,(H,24,25);2*1H. The Morgan fingerprint density at radius 2 is 1.67 bits per heavy atom. The lowest BCUT2D eigenvalue weighted by Gasteiger charge is -2.48. The number of benzene rings is 1. The summed E-state index contributed by atoms with van der Waals surface area (Å²) in [7, 11) is 0. The molecule has 152 valence electrons. The van der Waals surface area contributed by atoms with Gasteiger partial charge in [0.05, 0.1) is 12.5 Å². The molecule has 7 nitrogen and oxygen atoms in total. The maximum Gasteiger partial charge on any atom is 0.407 e. The number of piperazine rings is 1. The summed E-state index contributed by atoms with van der Waals surface area (Å²) >= 11 is 0. The van der Waals surface area contributed by atoms with Gasteiger partial charge >= 0.3 is 6.09 Å². The first kappa shape index (κ1) is 23.3. The number of para-hydroxylation sites is 1. The second-order valence-corrected chi connectivity index (χ2v) is 6.84. The zero-order valence-electron chi connectivity index (χ0n) is 15.4. The summed E-state index contributed by atoms with van der Waals surface area (Å²) < 4.78 is 0. The average Bonchev–Trinajstić information content (AvgIpc) is 3.10. The zero-order valence-corrected chi connectivity index (χ0v) is 17.0. The quantitative estimate of drug-likeness (QED) is 0.734. The van der Waals surface area contributed by atoms with E-state index >= 15 is 0 Å². The average molecular weight is 419 g/mol. The van der Waals surface area contributed by atoms with Gasteiger partial charge in [0.15, 0.2) is 0 Å². The van der Waals surface area contributed by atoms with Crippen LogP contribution in [0.2, 0.25) is 0 Å². The molecular weight excluding hydrogens is 391 g/mol. The van der Waals surface area contributed by atoms with Gasteiger partial charge in [-0.1, -0.05) is 18.2 Å². The first-order chi connectivity index (χ1) is 12.0. The van der Waals surface area contributed by atoms with E-state index in [-0.39, 0.29) is 49.3 Å². The van der Waals surface area contributed by atoms with Crippen molar-refractivity contribution in [2.45, 2.75) is 38.4 Å². The van der Waals surface area contributed by atoms with E-state index in [4.69, 9.17) is 5.73 Å². The number of nitrogens with two attached hydrogens (primary N) is 1. The Kier molecular flexibility index (Phi) is 8.65. The number of anilines is 1. The van der Waals surface area contributed by atoms with Crippen molar-refractivity contribution < 1.29 is 14.7 Å². The van der Waals surface area contributed by atoms with Gasteiger partial charge < -0.3 is 20.6 Å². The van der Waals surface area contributed by atoms with E-state index in [1.165, 1.54) is 4.90 Å². The largest absolute Gasteiger partial charge is 0.465 e. The van der Waals surface area contributed by atoms with Crippen LogP contribution in [0.5, 0.6) is 0 Å². The van der Waals surface area contributed by atoms with E-state index in [1.807, 2.05) is 30.0 Å². The van der Waals surface area contributed by atoms with E-state index in [2.05, 4.69) is 4.90 Å². The molecule has 0 radical (unpaired) electrons. The molecule has 2 saturated heterocycles. The highest BCUT2D eigenvalue weighted by Crippen LogP contribution is 2.25. The molecule has 0 aromatic heterocycles. The van der Waals surface area contributed by atoms with Gasteiger partial charge in [0, 0.05) is 31.9 Å². The van der Waals surface area contributed by atoms with Gasteiger partial charge in [0.25, 0.3) is 0 Å². The predicted molar refractivity (Wildman–Crippen MR) is 110 cm³/mol. The third-order valence-electron chi connectivity index (χ3n) is 5.30. The first-order valence-electron chi connectivity index (χ1n) is 8.85. The van der Waals surface area contributed by atoms with Crippen LogP contribution in [0.3, 0.4) is 0 Å². The van der Waals surface area contributed by atoms with E-state index in [9.17, 15) is 14.7 Å². The summed E-state index contributed by atoms with van der Waals surface area (Å²) in [4.78, 5) is 30.1. The number of amides is 2. The first-order valence-corrected chi connectivity index (χ1v) is 8.85. The minimum atomic E-state index is -0.920. The molecule has 2 atom stereocenters. The third kappa shape index (κ3) is 4.97. The summed E-state index contributed by atoms with van der Waals surface area (Å²) in [5.74, 6) is 0.00619. The number of hydrogen-bond donors (Lipinski definition) is 2. The van der Waals surface area contributed by atoms with E-state index in [0.29, 0.717) is 18.8 Å². The van der Waals surface area contributed by atoms with Crippen molar-refractivity contribution in [1.82, 2.24) is 14.7 Å². The maximum absolute atomic E-state index is 13.0. The fraction of sp³-hybridized carbons (Fsp3) is 0.556. The number of carboxylic acid groups (broad SMARTS) is 1. The fourth-order valence-electron chi connectivity index (χ4n) is 3.98. The maximum atomic E-state index is 13.0. The van der Waals surface area contributed by atoms with Gasteiger partial charge in [-0.05, 0) is 31.4 Å². The van der Waals surface area contributed by atoms with Crippen molar-refractivity contribution in [2.24, 2.45) is 0 Å². The normalized spacial score (nSPS) is 22.7. The third-order valence-corrected chi connectivity index (χ3v) is 5.30. The molecular formula is C18H28Cl2N4O3. The van der Waals surface area contributed by atoms with Crippen LogP contribution in [0.15, 0.2) is 24.3 Å². The van der Waals surface area contributed by atoms with Crippen LogP contribution in [0.25, 0.3) is 0 Å². The number of carbonyl (C=O) groups is 2. The lowest BCUT2D eigenvalue weighted by atomic mass is 10.1. The van der Waals surface area contributed by atoms with Crippen LogP contribution < -0.4 is 5.73 Å². The van der Waals surface area contributed by atoms with E-state index in [0.717, 1.165) is 31.5 Å². The number of hydrogen-bond acceptors (Lipinski definition) is 4. The van der Waals surface area contributed by atoms with Gasteiger partial charge in [-0.15, -0.1) is 24.8 Å². The fourth-order valence-corrected chi connectivity index (χ4v) is 3.98. The lowest BCUT2D eigenvalue weighted by molar-refractivity contribution is -0.143. The lowest BCUT2D eigenvalue weighted by Crippen LogP contribution is -2.66. The number of nitrogen functional groups attached to an aromatic ring is 1. The number of halogens is 2. The van der Waals surface area contributed by atoms with Crippen molar-refractivity contribution in [3.05, 3.63) is 29.8 Å². The zero-order chi connectivity index (χ0) is 18.0. The molecule has 2 heterocycles. The molecule has 1 aromatic carbocycles. The minimum absolute atomic E-state index is 0. The Labute approximate surface area is 172 Å². The summed E-state index contributed by atoms with van der Waals surface area (Å²) in [5.41, 5.74) is 7.41. The predicted octanol–water partition coefficient (Wildman–Crippen LogP) is 2.29. The molecule has 9 heteroatoms. The highest BCUT2D eigenvalue weighted by atomic mass is 35.5. The van der Waals surface area contributed by atoms with Gasteiger partial charge in [-0.3, -0.25) is 9.69 Å². The molecule has 0 saturated carbocycles. The topological polar surface area (TPSA) is 90.1 Å². The second kappa shape index (κ2) is 10.0. The van der Waals surface area contributed by atoms with Gasteiger partial charge in [0.2, 0.25) is 5.91 Å². The molecule has 0 spiro atoms. The summed E-state index contributed by atoms with van der Waals surface area (Å²) in [6.45, 7) is 4.47. The molecule has 27 heavy (non-hydrogen) atoms. The Bertz CT molecular complexity index is 655. The molecule has 0 aliphatic carbocycles. The van der Waals surface area contributed by atoms with Crippen molar-refractivity contribution in [3.63, 3.8) is 0 Å². The van der Waals surface area contributed by atoms with Crippen LogP contribution >= 0.6 is 24.8 Å². The molecule has 2 aliphatic heterocycles. The Morgan fingerprint density at radius 1 is 1.07 bits per heavy atom. The van der Waals surface area contributed by atoms with Crippen LogP contribution in [0.4, 0.5) is 10.5 Å². The van der Waals surface area contributed by atoms with Crippen molar-refractivity contribution >= 4 is 42.5 Å². The van der Waals surface area contributed by atoms with Gasteiger partial charge in [-0.25, -0.2) is 4.79 Å². The second-order valence-electron chi connectivity index (χ2n) is 6.84. The molecule has 2 amide bonds. The molecule has 3 N–H and O–H groups in total. The smallest absolute Gasteiger partial charge is 0.407 e. The number of rotatable bonds is 3. The van der Waals surface area contributed by atoms with Crippen LogP contribution in [-0.4, -0.2) is 70.2 Å². The number of nitrogens with zero attached hydrogens (tertiary/aromatic N) is 3. The summed E-state index contributed by atoms with van der Waals surface area (Å²) in [6.07, 6.45) is 1.30. The highest BCUT2D eigenvalue weighted by molar-refractivity contribution is 5.85. The van der Waals surface area contributed by atoms with E-state index in [1.54, 1.807) is 6.07 Å². The van der Waals surface area contributed by atoms with Gasteiger partial charge in [-0.2, -0.15) is 0 Å². The van der Waals surface area contributed by atoms with Crippen molar-refractivity contribution in [1.29, 1.82) is 0 Å². The number of carbonyl (C=O) groups excluding carboxylic acids is 1. The van der Waals surface area contributed by atoms with Crippen LogP contribution in [0.1, 0.15) is 25.3 Å². The molecule has 3 rings (SSSR count). The Morgan fingerprint density at radius 3 is 2.26 bits per heavy atom. The van der Waals surface area contributed by atoms with Crippen LogP contribution in [-0.2, 0) is 11.2 Å². The van der Waals surface area contributed by atoms with Crippen LogP contribution in [0, 0.1) is 0 Å². The summed E-state index contributed by atoms with van der Waals surface area (Å²) in [5, 5.41) is 9.45. The molecule has 2 aliphatic rings. The number of likely N-dealkylation sites (tertiary alicyclic amines) is 1. The Balaban J connectivity index is 0.00000182. The molecule has 2 unspecified atom stereocenters. The summed E-state index contributed by atoms with van der Waals surface area (Å²) in [6, 6.07) is 7.15. The van der Waals surface area contributed by atoms with Crippen molar-refractivity contribution in [2.75, 3.05) is 31.9 Å². The van der Waals surface area contributed by atoms with Gasteiger partial charge in [0.1, 0.15) is 6.17 Å². The highest BCUT2D eigenvalue weighted by Gasteiger charge is 2.42. The van der Waals surface area contributed by atoms with E-state index < -0.39 is 6.09 Å². The molecule has 2 fully saturated rings. The monoisotopic (exact) mass is 418 g/mol. The van der Waals surface area contributed by atoms with Crippen molar-refractivity contribution in [3.8, 4) is 0 Å². The Hall–Kier alpha value is -1.70. The molecule has 1 aromatic rings.